The lowest BCUT2D eigenvalue weighted by Crippen LogP contribution is -2.55. The van der Waals surface area contributed by atoms with Gasteiger partial charge < -0.3 is 20.4 Å². The van der Waals surface area contributed by atoms with Gasteiger partial charge in [0.15, 0.2) is 5.78 Å². The van der Waals surface area contributed by atoms with E-state index in [0.717, 1.165) is 38.8 Å². The smallest absolute Gasteiger partial charge is 0.245 e. The zero-order chi connectivity index (χ0) is 32.7. The fraction of sp³-hybridized carbons (Fsp3) is 0.618. The molecule has 1 saturated carbocycles. The number of piperazine rings is 1. The minimum atomic E-state index is -0.846. The molecule has 2 heterocycles. The summed E-state index contributed by atoms with van der Waals surface area (Å²) < 4.78 is 17.3. The van der Waals surface area contributed by atoms with E-state index >= 15 is 4.39 Å². The SMILES string of the molecule is CCC(=O)N[C@@H](C(=O)N1CCN(C)CC1)[C@H](C)c1ccc(NC(=O)[C@@H](CC(=O)c2ccnn2CC)C2CCC(C)CC2)c(F)c1. The highest BCUT2D eigenvalue weighted by Gasteiger charge is 2.35. The topological polar surface area (TPSA) is 117 Å². The fourth-order valence-corrected chi connectivity index (χ4v) is 6.52. The predicted octanol–water partition coefficient (Wildman–Crippen LogP) is 4.47. The first-order chi connectivity index (χ1) is 21.5. The largest absolute Gasteiger partial charge is 0.344 e. The third kappa shape index (κ3) is 8.56. The Morgan fingerprint density at radius 3 is 2.33 bits per heavy atom. The van der Waals surface area contributed by atoms with Gasteiger partial charge >= 0.3 is 0 Å². The summed E-state index contributed by atoms with van der Waals surface area (Å²) in [6.07, 6.45) is 5.49. The number of Topliss-reactive ketones (excluding diaryl/α,β-unsaturated/α-hetero) is 1. The van der Waals surface area contributed by atoms with Gasteiger partial charge in [0.1, 0.15) is 17.6 Å². The van der Waals surface area contributed by atoms with Crippen LogP contribution in [0.4, 0.5) is 10.1 Å². The first-order valence-corrected chi connectivity index (χ1v) is 16.4. The summed E-state index contributed by atoms with van der Waals surface area (Å²) in [7, 11) is 2.00. The quantitative estimate of drug-likeness (QED) is 0.337. The van der Waals surface area contributed by atoms with Crippen LogP contribution < -0.4 is 10.6 Å². The van der Waals surface area contributed by atoms with Crippen molar-refractivity contribution in [2.45, 2.75) is 84.7 Å². The lowest BCUT2D eigenvalue weighted by atomic mass is 9.74. The van der Waals surface area contributed by atoms with E-state index in [4.69, 9.17) is 0 Å². The number of aryl methyl sites for hydroxylation is 1. The van der Waals surface area contributed by atoms with E-state index in [-0.39, 0.29) is 48.0 Å². The van der Waals surface area contributed by atoms with Crippen LogP contribution in [0, 0.1) is 23.6 Å². The van der Waals surface area contributed by atoms with Crippen LogP contribution in [0.15, 0.2) is 30.5 Å². The van der Waals surface area contributed by atoms with E-state index < -0.39 is 23.7 Å². The molecule has 1 saturated heterocycles. The number of aromatic nitrogens is 2. The molecule has 1 aromatic carbocycles. The second-order valence-electron chi connectivity index (χ2n) is 12.8. The van der Waals surface area contributed by atoms with Gasteiger partial charge in [-0.25, -0.2) is 4.39 Å². The zero-order valence-corrected chi connectivity index (χ0v) is 27.4. The summed E-state index contributed by atoms with van der Waals surface area (Å²) in [5.41, 5.74) is 1.03. The number of hydrogen-bond donors (Lipinski definition) is 2. The van der Waals surface area contributed by atoms with E-state index in [1.165, 1.54) is 12.1 Å². The van der Waals surface area contributed by atoms with Gasteiger partial charge in [-0.3, -0.25) is 23.9 Å². The molecule has 0 radical (unpaired) electrons. The molecule has 3 atom stereocenters. The van der Waals surface area contributed by atoms with E-state index in [1.807, 2.05) is 14.0 Å². The van der Waals surface area contributed by atoms with Crippen molar-refractivity contribution >= 4 is 29.2 Å². The third-order valence-corrected chi connectivity index (χ3v) is 9.67. The maximum atomic E-state index is 15.6. The molecule has 3 amide bonds. The lowest BCUT2D eigenvalue weighted by Gasteiger charge is -2.36. The molecule has 2 aliphatic rings. The minimum absolute atomic E-state index is 0.0222. The number of carbonyl (C=O) groups is 4. The molecule has 1 aromatic heterocycles. The van der Waals surface area contributed by atoms with Crippen molar-refractivity contribution in [3.63, 3.8) is 0 Å². The summed E-state index contributed by atoms with van der Waals surface area (Å²) in [5, 5.41) is 9.84. The van der Waals surface area contributed by atoms with Crippen molar-refractivity contribution in [3.8, 4) is 0 Å². The highest BCUT2D eigenvalue weighted by Crippen LogP contribution is 2.36. The van der Waals surface area contributed by atoms with Gasteiger partial charge in [0.05, 0.1) is 5.69 Å². The van der Waals surface area contributed by atoms with Crippen LogP contribution in [0.2, 0.25) is 0 Å². The van der Waals surface area contributed by atoms with Crippen LogP contribution in [0.25, 0.3) is 0 Å². The first-order valence-electron chi connectivity index (χ1n) is 16.4. The molecule has 0 bridgehead atoms. The van der Waals surface area contributed by atoms with E-state index in [0.29, 0.717) is 36.8 Å². The summed E-state index contributed by atoms with van der Waals surface area (Å²) in [6.45, 7) is 10.8. The highest BCUT2D eigenvalue weighted by atomic mass is 19.1. The van der Waals surface area contributed by atoms with E-state index in [9.17, 15) is 19.2 Å². The monoisotopic (exact) mass is 624 g/mol. The summed E-state index contributed by atoms with van der Waals surface area (Å²) in [4.78, 5) is 56.9. The number of halogens is 1. The molecular weight excluding hydrogens is 575 g/mol. The number of benzene rings is 1. The molecule has 246 valence electrons. The summed E-state index contributed by atoms with van der Waals surface area (Å²) >= 11 is 0. The van der Waals surface area contributed by atoms with Gasteiger partial charge in [0.25, 0.3) is 0 Å². The predicted molar refractivity (Wildman–Crippen MR) is 171 cm³/mol. The number of likely N-dealkylation sites (N-methyl/N-ethyl adjacent to an activating group) is 1. The van der Waals surface area contributed by atoms with Gasteiger partial charge in [0.2, 0.25) is 17.7 Å². The number of amides is 3. The Morgan fingerprint density at radius 1 is 1.02 bits per heavy atom. The van der Waals surface area contributed by atoms with Gasteiger partial charge in [-0.2, -0.15) is 5.10 Å². The molecule has 1 aliphatic carbocycles. The Morgan fingerprint density at radius 2 is 1.71 bits per heavy atom. The van der Waals surface area contributed by atoms with Crippen LogP contribution in [-0.2, 0) is 20.9 Å². The van der Waals surface area contributed by atoms with Crippen LogP contribution in [0.5, 0.6) is 0 Å². The Labute approximate surface area is 266 Å². The van der Waals surface area contributed by atoms with Crippen molar-refractivity contribution in [3.05, 3.63) is 47.5 Å². The van der Waals surface area contributed by atoms with Gasteiger partial charge in [-0.1, -0.05) is 39.7 Å². The third-order valence-electron chi connectivity index (χ3n) is 9.67. The Kier molecular flexibility index (Phi) is 11.9. The van der Waals surface area contributed by atoms with Gasteiger partial charge in [0, 0.05) is 63.6 Å². The summed E-state index contributed by atoms with van der Waals surface area (Å²) in [5.74, 6) is -2.11. The average Bonchev–Trinajstić information content (AvgIpc) is 3.53. The van der Waals surface area contributed by atoms with E-state index in [2.05, 4.69) is 27.6 Å². The van der Waals surface area contributed by atoms with Crippen molar-refractivity contribution in [2.75, 3.05) is 38.5 Å². The average molecular weight is 625 g/mol. The highest BCUT2D eigenvalue weighted by molar-refractivity contribution is 6.00. The number of nitrogens with zero attached hydrogens (tertiary/aromatic N) is 4. The number of nitrogens with one attached hydrogen (secondary N) is 2. The second kappa shape index (κ2) is 15.6. The number of carbonyl (C=O) groups excluding carboxylic acids is 4. The first kappa shape index (κ1) is 34.3. The molecule has 4 rings (SSSR count). The Hall–Kier alpha value is -3.60. The Balaban J connectivity index is 1.52. The van der Waals surface area contributed by atoms with Crippen molar-refractivity contribution in [2.24, 2.45) is 17.8 Å². The molecule has 11 heteroatoms. The number of rotatable bonds is 12. The van der Waals surface area contributed by atoms with E-state index in [1.54, 1.807) is 41.8 Å². The van der Waals surface area contributed by atoms with Crippen LogP contribution >= 0.6 is 0 Å². The summed E-state index contributed by atoms with van der Waals surface area (Å²) in [6, 6.07) is 5.35. The molecule has 2 N–H and O–H groups in total. The molecule has 0 unspecified atom stereocenters. The van der Waals surface area contributed by atoms with Gasteiger partial charge in [-0.15, -0.1) is 0 Å². The van der Waals surface area contributed by atoms with Crippen molar-refractivity contribution in [1.29, 1.82) is 0 Å². The second-order valence-corrected chi connectivity index (χ2v) is 12.8. The number of anilines is 1. The zero-order valence-electron chi connectivity index (χ0n) is 27.4. The molecule has 10 nitrogen and oxygen atoms in total. The molecule has 1 aliphatic heterocycles. The van der Waals surface area contributed by atoms with Crippen LogP contribution in [0.1, 0.15) is 88.2 Å². The van der Waals surface area contributed by atoms with Gasteiger partial charge in [-0.05, 0) is 62.4 Å². The fourth-order valence-electron chi connectivity index (χ4n) is 6.52. The molecule has 45 heavy (non-hydrogen) atoms. The number of hydrogen-bond acceptors (Lipinski definition) is 6. The molecule has 2 aromatic rings. The van der Waals surface area contributed by atoms with Crippen LogP contribution in [0.3, 0.4) is 0 Å². The van der Waals surface area contributed by atoms with Crippen LogP contribution in [-0.4, -0.2) is 82.4 Å². The van der Waals surface area contributed by atoms with Crippen molar-refractivity contribution in [1.82, 2.24) is 24.9 Å². The van der Waals surface area contributed by atoms with Crippen molar-refractivity contribution < 1.29 is 23.6 Å². The maximum Gasteiger partial charge on any atom is 0.245 e. The maximum absolute atomic E-state index is 15.6. The minimum Gasteiger partial charge on any atom is -0.344 e. The normalized spacial score (nSPS) is 21.1. The molecule has 0 spiro atoms. The number of ketones is 1. The standard InChI is InChI=1S/C34H49FN6O4/c1-6-31(43)38-32(34(45)40-18-16-39(5)17-19-40)23(4)25-12-13-28(27(35)20-25)37-33(44)26(24-10-8-22(3)9-11-24)21-30(42)29-14-15-36-41(29)7-2/h12-15,20,22-24,26,32H,6-11,16-19,21H2,1-5H3,(H,37,44)(H,38,43)/t22?,23-,24?,26+,32-/m1/s1. The Bertz CT molecular complexity index is 1350. The molecular formula is C34H49FN6O4. The molecule has 2 fully saturated rings. The lowest BCUT2D eigenvalue weighted by molar-refractivity contribution is -0.138.